The smallest absolute Gasteiger partial charge is 0.271 e. The van der Waals surface area contributed by atoms with Crippen molar-refractivity contribution in [2.75, 3.05) is 13.6 Å². The Hall–Kier alpha value is -2.70. The number of hydrogen-bond acceptors (Lipinski definition) is 4. The Kier molecular flexibility index (Phi) is 2.19. The summed E-state index contributed by atoms with van der Waals surface area (Å²) in [4.78, 5) is 35.5. The Morgan fingerprint density at radius 3 is 2.68 bits per heavy atom. The second-order valence-corrected chi connectivity index (χ2v) is 4.42. The van der Waals surface area contributed by atoms with Crippen molar-refractivity contribution in [3.8, 4) is 0 Å². The lowest BCUT2D eigenvalue weighted by Gasteiger charge is -2.23. The van der Waals surface area contributed by atoms with E-state index in [4.69, 9.17) is 0 Å². The van der Waals surface area contributed by atoms with Crippen LogP contribution >= 0.6 is 0 Å². The highest BCUT2D eigenvalue weighted by atomic mass is 16.6. The van der Waals surface area contributed by atoms with E-state index in [1.807, 2.05) is 0 Å². The van der Waals surface area contributed by atoms with Crippen molar-refractivity contribution < 1.29 is 14.5 Å². The quantitative estimate of drug-likeness (QED) is 0.570. The largest absolute Gasteiger partial charge is 0.331 e. The van der Waals surface area contributed by atoms with Gasteiger partial charge in [0.1, 0.15) is 12.2 Å². The number of non-ortho nitro benzene ring substituents is 1. The summed E-state index contributed by atoms with van der Waals surface area (Å²) in [7, 11) is 1.55. The van der Waals surface area contributed by atoms with Crippen LogP contribution in [0, 0.1) is 10.1 Å². The van der Waals surface area contributed by atoms with Gasteiger partial charge >= 0.3 is 0 Å². The molecule has 1 aliphatic heterocycles. The second kappa shape index (κ2) is 3.64. The molecule has 0 fully saturated rings. The normalized spacial score (nSPS) is 14.9. The van der Waals surface area contributed by atoms with Crippen LogP contribution in [0.15, 0.2) is 24.3 Å². The fraction of sp³-hybridized carbons (Fsp3) is 0.167. The number of likely N-dealkylation sites (N-methyl/N-ethyl adjacent to an activating group) is 1. The topological polar surface area (TPSA) is 85.4 Å². The molecule has 3 rings (SSSR count). The Balaban J connectivity index is 2.30. The van der Waals surface area contributed by atoms with Gasteiger partial charge in [0.05, 0.1) is 10.4 Å². The summed E-state index contributed by atoms with van der Waals surface area (Å²) in [5, 5.41) is 11.2. The van der Waals surface area contributed by atoms with E-state index in [9.17, 15) is 19.7 Å². The van der Waals surface area contributed by atoms with Crippen molar-refractivity contribution in [1.82, 2.24) is 9.47 Å². The average Bonchev–Trinajstić information content (AvgIpc) is 2.74. The molecule has 0 saturated heterocycles. The van der Waals surface area contributed by atoms with E-state index in [1.54, 1.807) is 7.05 Å². The van der Waals surface area contributed by atoms with Crippen molar-refractivity contribution in [2.45, 2.75) is 0 Å². The first-order chi connectivity index (χ1) is 8.99. The van der Waals surface area contributed by atoms with Gasteiger partial charge in [0, 0.05) is 24.6 Å². The lowest BCUT2D eigenvalue weighted by Crippen LogP contribution is -2.41. The van der Waals surface area contributed by atoms with Crippen molar-refractivity contribution in [2.24, 2.45) is 0 Å². The zero-order valence-corrected chi connectivity index (χ0v) is 9.99. The molecule has 1 aromatic carbocycles. The van der Waals surface area contributed by atoms with Crippen molar-refractivity contribution in [3.63, 3.8) is 0 Å². The second-order valence-electron chi connectivity index (χ2n) is 4.42. The van der Waals surface area contributed by atoms with Gasteiger partial charge in [-0.25, -0.2) is 0 Å². The van der Waals surface area contributed by atoms with Crippen LogP contribution in [0.2, 0.25) is 0 Å². The number of benzene rings is 1. The minimum Gasteiger partial charge on any atom is -0.331 e. The zero-order chi connectivity index (χ0) is 13.7. The number of rotatable bonds is 1. The molecule has 1 aliphatic rings. The number of amides is 1. The number of nitro benzene ring substituents is 1. The van der Waals surface area contributed by atoms with Gasteiger partial charge in [-0.15, -0.1) is 0 Å². The number of nitrogens with zero attached hydrogens (tertiary/aromatic N) is 3. The first-order valence-corrected chi connectivity index (χ1v) is 5.57. The number of carbonyl (C=O) groups is 2. The molecule has 7 heteroatoms. The van der Waals surface area contributed by atoms with Crippen molar-refractivity contribution in [3.05, 3.63) is 40.1 Å². The Morgan fingerprint density at radius 2 is 2.00 bits per heavy atom. The van der Waals surface area contributed by atoms with Crippen LogP contribution < -0.4 is 0 Å². The molecule has 1 aromatic heterocycles. The molecule has 96 valence electrons. The van der Waals surface area contributed by atoms with Crippen LogP contribution in [0.3, 0.4) is 0 Å². The summed E-state index contributed by atoms with van der Waals surface area (Å²) < 4.78 is 1.32. The number of fused-ring (bicyclic) bond motifs is 3. The minimum atomic E-state index is -0.508. The van der Waals surface area contributed by atoms with Crippen LogP contribution in [0.4, 0.5) is 5.69 Å². The highest BCUT2D eigenvalue weighted by Crippen LogP contribution is 2.27. The lowest BCUT2D eigenvalue weighted by atomic mass is 10.2. The Morgan fingerprint density at radius 1 is 1.26 bits per heavy atom. The summed E-state index contributed by atoms with van der Waals surface area (Å²) in [5.41, 5.74) is 0.699. The first kappa shape index (κ1) is 11.4. The molecule has 1 amide bonds. The predicted molar refractivity (Wildman–Crippen MR) is 66.2 cm³/mol. The van der Waals surface area contributed by atoms with Crippen LogP contribution in [-0.2, 0) is 0 Å². The van der Waals surface area contributed by atoms with Gasteiger partial charge in [-0.05, 0) is 12.1 Å². The molecular weight excluding hydrogens is 250 g/mol. The average molecular weight is 259 g/mol. The first-order valence-electron chi connectivity index (χ1n) is 5.57. The van der Waals surface area contributed by atoms with E-state index in [0.717, 1.165) is 0 Å². The molecule has 0 aliphatic carbocycles. The SMILES string of the molecule is CN1CC(=O)n2c(cc3cc([N+](=O)[O-])ccc32)C1=O. The van der Waals surface area contributed by atoms with E-state index in [1.165, 1.54) is 33.7 Å². The van der Waals surface area contributed by atoms with Gasteiger partial charge in [-0.2, -0.15) is 0 Å². The summed E-state index contributed by atoms with van der Waals surface area (Å²) in [6, 6.07) is 5.69. The monoisotopic (exact) mass is 259 g/mol. The van der Waals surface area contributed by atoms with E-state index >= 15 is 0 Å². The molecule has 19 heavy (non-hydrogen) atoms. The number of hydrogen-bond donors (Lipinski definition) is 0. The summed E-state index contributed by atoms with van der Waals surface area (Å²) in [6.07, 6.45) is 0. The minimum absolute atomic E-state index is 0.00655. The van der Waals surface area contributed by atoms with Crippen LogP contribution in [-0.4, -0.2) is 39.8 Å². The summed E-state index contributed by atoms with van der Waals surface area (Å²) >= 11 is 0. The molecular formula is C12H9N3O4. The van der Waals surface area contributed by atoms with Crippen molar-refractivity contribution in [1.29, 1.82) is 0 Å². The van der Waals surface area contributed by atoms with E-state index in [2.05, 4.69) is 0 Å². The van der Waals surface area contributed by atoms with Gasteiger partial charge in [0.15, 0.2) is 0 Å². The van der Waals surface area contributed by atoms with Crippen LogP contribution in [0.1, 0.15) is 15.3 Å². The molecule has 0 atom stereocenters. The number of aromatic nitrogens is 1. The van der Waals surface area contributed by atoms with Gasteiger partial charge in [0.2, 0.25) is 0 Å². The fourth-order valence-electron chi connectivity index (χ4n) is 2.28. The van der Waals surface area contributed by atoms with E-state index in [0.29, 0.717) is 10.9 Å². The Bertz CT molecular complexity index is 747. The standard InChI is InChI=1S/C12H9N3O4/c1-13-6-11(16)14-9-3-2-8(15(18)19)4-7(9)5-10(14)12(13)17/h2-5H,6H2,1H3. The Labute approximate surface area is 107 Å². The molecule has 7 nitrogen and oxygen atoms in total. The van der Waals surface area contributed by atoms with E-state index < -0.39 is 4.92 Å². The lowest BCUT2D eigenvalue weighted by molar-refractivity contribution is -0.384. The maximum atomic E-state index is 12.0. The maximum Gasteiger partial charge on any atom is 0.271 e. The maximum absolute atomic E-state index is 12.0. The van der Waals surface area contributed by atoms with Crippen LogP contribution in [0.25, 0.3) is 10.9 Å². The third-order valence-corrected chi connectivity index (χ3v) is 3.18. The molecule has 0 bridgehead atoms. The van der Waals surface area contributed by atoms with Gasteiger partial charge in [-0.3, -0.25) is 24.3 Å². The number of nitro groups is 1. The summed E-state index contributed by atoms with van der Waals surface area (Å²) in [5.74, 6) is -0.487. The van der Waals surface area contributed by atoms with E-state index in [-0.39, 0.29) is 29.7 Å². The third kappa shape index (κ3) is 1.51. The fourth-order valence-corrected chi connectivity index (χ4v) is 2.28. The zero-order valence-electron chi connectivity index (χ0n) is 9.99. The molecule has 0 saturated carbocycles. The van der Waals surface area contributed by atoms with Gasteiger partial charge < -0.3 is 4.90 Å². The van der Waals surface area contributed by atoms with Crippen molar-refractivity contribution >= 4 is 28.4 Å². The predicted octanol–water partition coefficient (Wildman–Crippen LogP) is 1.28. The number of carbonyl (C=O) groups excluding carboxylic acids is 2. The molecule has 0 unspecified atom stereocenters. The molecule has 0 radical (unpaired) electrons. The summed E-state index contributed by atoms with van der Waals surface area (Å²) in [6.45, 7) is 0.00655. The third-order valence-electron chi connectivity index (χ3n) is 3.18. The van der Waals surface area contributed by atoms with Gasteiger partial charge in [-0.1, -0.05) is 0 Å². The molecule has 2 heterocycles. The highest BCUT2D eigenvalue weighted by molar-refractivity contribution is 6.09. The highest BCUT2D eigenvalue weighted by Gasteiger charge is 2.29. The molecule has 0 spiro atoms. The van der Waals surface area contributed by atoms with Gasteiger partial charge in [0.25, 0.3) is 17.5 Å². The van der Waals surface area contributed by atoms with Crippen LogP contribution in [0.5, 0.6) is 0 Å². The molecule has 0 N–H and O–H groups in total. The molecule has 2 aromatic rings.